The van der Waals surface area contributed by atoms with E-state index in [1.54, 1.807) is 11.3 Å². The minimum Gasteiger partial charge on any atom is -0.487 e. The van der Waals surface area contributed by atoms with Gasteiger partial charge in [0.2, 0.25) is 0 Å². The molecule has 5 nitrogen and oxygen atoms in total. The number of benzene rings is 1. The quantitative estimate of drug-likeness (QED) is 0.751. The van der Waals surface area contributed by atoms with E-state index in [0.717, 1.165) is 36.8 Å². The van der Waals surface area contributed by atoms with Crippen molar-refractivity contribution < 1.29 is 9.53 Å². The first-order valence-electron chi connectivity index (χ1n) is 8.73. The molecule has 1 saturated heterocycles. The van der Waals surface area contributed by atoms with Crippen molar-refractivity contribution in [2.45, 2.75) is 26.4 Å². The molecule has 0 radical (unpaired) electrons. The number of aryl methyl sites for hydroxylation is 1. The lowest BCUT2D eigenvalue weighted by Gasteiger charge is -2.32. The third-order valence-electron chi connectivity index (χ3n) is 4.43. The molecule has 1 aliphatic heterocycles. The van der Waals surface area contributed by atoms with E-state index in [1.165, 1.54) is 6.42 Å². The molecule has 150 valence electrons. The van der Waals surface area contributed by atoms with E-state index in [0.29, 0.717) is 23.8 Å². The van der Waals surface area contributed by atoms with E-state index in [1.807, 2.05) is 48.5 Å². The minimum absolute atomic E-state index is 0. The van der Waals surface area contributed by atoms with Crippen LogP contribution in [0.5, 0.6) is 5.75 Å². The van der Waals surface area contributed by atoms with Gasteiger partial charge < -0.3 is 15.0 Å². The summed E-state index contributed by atoms with van der Waals surface area (Å²) >= 11 is 1.61. The number of aromatic nitrogens is 1. The number of carbonyl (C=O) groups excluding carboxylic acids is 1. The van der Waals surface area contributed by atoms with Crippen molar-refractivity contribution in [1.29, 1.82) is 0 Å². The van der Waals surface area contributed by atoms with Gasteiger partial charge in [0.1, 0.15) is 12.4 Å². The third kappa shape index (κ3) is 6.64. The zero-order valence-electron chi connectivity index (χ0n) is 15.6. The molecule has 0 saturated carbocycles. The normalized spacial score (nSPS) is 16.2. The molecule has 3 rings (SSSR count). The zero-order chi connectivity index (χ0) is 17.6. The number of halogens is 2. The van der Waals surface area contributed by atoms with Gasteiger partial charge in [-0.3, -0.25) is 4.79 Å². The number of carbonyl (C=O) groups is 1. The maximum atomic E-state index is 12.8. The number of hydrogen-bond acceptors (Lipinski definition) is 5. The number of hydrogen-bond donors (Lipinski definition) is 1. The van der Waals surface area contributed by atoms with Crippen LogP contribution in [0.15, 0.2) is 29.6 Å². The average Bonchev–Trinajstić information content (AvgIpc) is 3.05. The lowest BCUT2D eigenvalue weighted by molar-refractivity contribution is 0.0674. The predicted molar refractivity (Wildman–Crippen MR) is 115 cm³/mol. The number of piperidine rings is 1. The molecule has 1 unspecified atom stereocenters. The summed E-state index contributed by atoms with van der Waals surface area (Å²) in [4.78, 5) is 19.2. The molecule has 1 fully saturated rings. The van der Waals surface area contributed by atoms with Gasteiger partial charge in [-0.05, 0) is 57.5 Å². The van der Waals surface area contributed by atoms with E-state index in [9.17, 15) is 4.79 Å². The van der Waals surface area contributed by atoms with E-state index in [2.05, 4.69) is 10.3 Å². The molecule has 8 heteroatoms. The number of nitrogens with zero attached hydrogens (tertiary/aromatic N) is 2. The summed E-state index contributed by atoms with van der Waals surface area (Å²) in [5.41, 5.74) is 1.61. The Balaban J connectivity index is 0.00000182. The molecule has 0 aliphatic carbocycles. The molecule has 1 atom stereocenters. The zero-order valence-corrected chi connectivity index (χ0v) is 18.1. The number of nitrogens with one attached hydrogen (secondary N) is 1. The van der Waals surface area contributed by atoms with E-state index in [-0.39, 0.29) is 30.7 Å². The second-order valence-electron chi connectivity index (χ2n) is 6.49. The number of amides is 1. The molecule has 1 N–H and O–H groups in total. The lowest BCUT2D eigenvalue weighted by Crippen LogP contribution is -2.42. The van der Waals surface area contributed by atoms with Crippen molar-refractivity contribution in [2.24, 2.45) is 5.92 Å². The fraction of sp³-hybridized carbons (Fsp3) is 0.474. The van der Waals surface area contributed by atoms with Crippen LogP contribution in [-0.4, -0.2) is 42.5 Å². The van der Waals surface area contributed by atoms with Gasteiger partial charge in [-0.15, -0.1) is 36.2 Å². The standard InChI is InChI=1S/C19H25N3O2S.2ClH/c1-14-21-17(13-25-14)12-24-18-7-3-6-16(9-18)19(23)22-8-4-5-15(11-22)10-20-2;;/h3,6-7,9,13,15,20H,4-5,8,10-12H2,1-2H3;2*1H. The topological polar surface area (TPSA) is 54.5 Å². The molecule has 2 heterocycles. The van der Waals surface area contributed by atoms with E-state index < -0.39 is 0 Å². The Morgan fingerprint density at radius 1 is 1.41 bits per heavy atom. The van der Waals surface area contributed by atoms with Crippen LogP contribution in [0, 0.1) is 12.8 Å². The first kappa shape index (κ1) is 23.7. The fourth-order valence-electron chi connectivity index (χ4n) is 3.24. The Bertz CT molecular complexity index is 724. The summed E-state index contributed by atoms with van der Waals surface area (Å²) in [7, 11) is 1.96. The molecule has 1 amide bonds. The number of ether oxygens (including phenoxy) is 1. The van der Waals surface area contributed by atoms with Crippen molar-refractivity contribution in [3.05, 3.63) is 45.9 Å². The van der Waals surface area contributed by atoms with E-state index >= 15 is 0 Å². The van der Waals surface area contributed by atoms with Crippen LogP contribution in [-0.2, 0) is 6.61 Å². The van der Waals surface area contributed by atoms with Crippen molar-refractivity contribution in [3.63, 3.8) is 0 Å². The van der Waals surface area contributed by atoms with Gasteiger partial charge in [0.05, 0.1) is 10.7 Å². The molecule has 0 spiro atoms. The van der Waals surface area contributed by atoms with Crippen molar-refractivity contribution in [2.75, 3.05) is 26.7 Å². The van der Waals surface area contributed by atoms with Crippen LogP contribution in [0.3, 0.4) is 0 Å². The average molecular weight is 432 g/mol. The second-order valence-corrected chi connectivity index (χ2v) is 7.55. The van der Waals surface area contributed by atoms with E-state index in [4.69, 9.17) is 4.74 Å². The largest absolute Gasteiger partial charge is 0.487 e. The van der Waals surface area contributed by atoms with Gasteiger partial charge in [-0.1, -0.05) is 6.07 Å². The van der Waals surface area contributed by atoms with Crippen molar-refractivity contribution in [3.8, 4) is 5.75 Å². The Labute approximate surface area is 177 Å². The highest BCUT2D eigenvalue weighted by Crippen LogP contribution is 2.21. The minimum atomic E-state index is 0. The highest BCUT2D eigenvalue weighted by molar-refractivity contribution is 7.09. The molecular weight excluding hydrogens is 405 g/mol. The van der Waals surface area contributed by atoms with Crippen LogP contribution in [0.25, 0.3) is 0 Å². The van der Waals surface area contributed by atoms with Gasteiger partial charge in [0.25, 0.3) is 5.91 Å². The van der Waals surface area contributed by atoms with Gasteiger partial charge in [0, 0.05) is 24.0 Å². The van der Waals surface area contributed by atoms with Crippen molar-refractivity contribution in [1.82, 2.24) is 15.2 Å². The summed E-state index contributed by atoms with van der Waals surface area (Å²) in [5.74, 6) is 1.34. The number of thiazole rings is 1. The lowest BCUT2D eigenvalue weighted by atomic mass is 9.97. The Morgan fingerprint density at radius 2 is 2.22 bits per heavy atom. The Hall–Kier alpha value is -1.34. The summed E-state index contributed by atoms with van der Waals surface area (Å²) < 4.78 is 5.81. The smallest absolute Gasteiger partial charge is 0.253 e. The van der Waals surface area contributed by atoms with Gasteiger partial charge >= 0.3 is 0 Å². The first-order chi connectivity index (χ1) is 12.2. The van der Waals surface area contributed by atoms with Crippen LogP contribution in [0.2, 0.25) is 0 Å². The summed E-state index contributed by atoms with van der Waals surface area (Å²) in [6, 6.07) is 7.47. The van der Waals surface area contributed by atoms with Crippen LogP contribution in [0.1, 0.15) is 33.9 Å². The van der Waals surface area contributed by atoms with Gasteiger partial charge in [-0.25, -0.2) is 4.98 Å². The molecule has 1 aromatic heterocycles. The summed E-state index contributed by atoms with van der Waals surface area (Å²) in [6.07, 6.45) is 2.25. The van der Waals surface area contributed by atoms with Gasteiger partial charge in [0.15, 0.2) is 0 Å². The summed E-state index contributed by atoms with van der Waals surface area (Å²) in [6.45, 7) is 5.02. The molecule has 1 aromatic carbocycles. The molecule has 27 heavy (non-hydrogen) atoms. The molecule has 2 aromatic rings. The van der Waals surface area contributed by atoms with Crippen LogP contribution < -0.4 is 10.1 Å². The Morgan fingerprint density at radius 3 is 2.93 bits per heavy atom. The maximum Gasteiger partial charge on any atom is 0.253 e. The Kier molecular flexibility index (Phi) is 10.1. The molecule has 1 aliphatic rings. The van der Waals surface area contributed by atoms with Crippen LogP contribution >= 0.6 is 36.2 Å². The second kappa shape index (κ2) is 11.5. The first-order valence-corrected chi connectivity index (χ1v) is 9.61. The highest BCUT2D eigenvalue weighted by Gasteiger charge is 2.24. The molecule has 0 bridgehead atoms. The van der Waals surface area contributed by atoms with Gasteiger partial charge in [-0.2, -0.15) is 0 Å². The summed E-state index contributed by atoms with van der Waals surface area (Å²) in [5, 5.41) is 6.25. The number of likely N-dealkylation sites (tertiary alicyclic amines) is 1. The SMILES string of the molecule is CNCC1CCCN(C(=O)c2cccc(OCc3csc(C)n3)c2)C1.Cl.Cl. The number of rotatable bonds is 6. The predicted octanol–water partition coefficient (Wildman–Crippen LogP) is 3.95. The van der Waals surface area contributed by atoms with Crippen molar-refractivity contribution >= 4 is 42.1 Å². The third-order valence-corrected chi connectivity index (χ3v) is 5.26. The molecular formula is C19H27Cl2N3O2S. The monoisotopic (exact) mass is 431 g/mol. The fourth-order valence-corrected chi connectivity index (χ4v) is 3.84. The van der Waals surface area contributed by atoms with Crippen LogP contribution in [0.4, 0.5) is 0 Å². The highest BCUT2D eigenvalue weighted by atomic mass is 35.5. The maximum absolute atomic E-state index is 12.8.